The molecule has 1 unspecified atom stereocenters. The smallest absolute Gasteiger partial charge is 0.0621 e. The van der Waals surface area contributed by atoms with Crippen molar-refractivity contribution in [1.29, 1.82) is 5.26 Å². The summed E-state index contributed by atoms with van der Waals surface area (Å²) in [5.74, 6) is 0. The van der Waals surface area contributed by atoms with Crippen LogP contribution >= 0.6 is 0 Å². The molecule has 1 heterocycles. The van der Waals surface area contributed by atoms with Crippen LogP contribution < -0.4 is 5.32 Å². The van der Waals surface area contributed by atoms with Crippen molar-refractivity contribution in [2.45, 2.75) is 70.9 Å². The Morgan fingerprint density at radius 3 is 2.72 bits per heavy atom. The number of nitrogens with zero attached hydrogens (tertiary/aromatic N) is 2. The van der Waals surface area contributed by atoms with Gasteiger partial charge in [0, 0.05) is 24.5 Å². The third-order valence-corrected chi connectivity index (χ3v) is 3.60. The molecule has 0 spiro atoms. The SMILES string of the molecule is CC(C)(C)NCC1CCCCN1CCCCC#N. The zero-order valence-electron chi connectivity index (χ0n) is 12.3. The number of piperidine rings is 1. The van der Waals surface area contributed by atoms with Gasteiger partial charge < -0.3 is 5.32 Å². The van der Waals surface area contributed by atoms with E-state index in [1.165, 1.54) is 32.2 Å². The molecule has 1 aliphatic heterocycles. The second-order valence-corrected chi connectivity index (χ2v) is 6.43. The summed E-state index contributed by atoms with van der Waals surface area (Å²) in [5, 5.41) is 12.2. The molecule has 104 valence electrons. The van der Waals surface area contributed by atoms with Crippen LogP contribution in [0.5, 0.6) is 0 Å². The zero-order chi connectivity index (χ0) is 13.4. The fourth-order valence-corrected chi connectivity index (χ4v) is 2.53. The van der Waals surface area contributed by atoms with Crippen LogP contribution in [0, 0.1) is 11.3 Å². The number of hydrogen-bond acceptors (Lipinski definition) is 3. The highest BCUT2D eigenvalue weighted by atomic mass is 15.2. The maximum atomic E-state index is 8.56. The van der Waals surface area contributed by atoms with Crippen molar-refractivity contribution in [2.75, 3.05) is 19.6 Å². The lowest BCUT2D eigenvalue weighted by Gasteiger charge is -2.37. The molecule has 0 saturated carbocycles. The van der Waals surface area contributed by atoms with Gasteiger partial charge in [-0.3, -0.25) is 4.90 Å². The van der Waals surface area contributed by atoms with Crippen molar-refractivity contribution in [1.82, 2.24) is 10.2 Å². The quantitative estimate of drug-likeness (QED) is 0.738. The maximum Gasteiger partial charge on any atom is 0.0621 e. The van der Waals surface area contributed by atoms with Gasteiger partial charge in [0.1, 0.15) is 0 Å². The van der Waals surface area contributed by atoms with Crippen LogP contribution in [0.4, 0.5) is 0 Å². The maximum absolute atomic E-state index is 8.56. The molecule has 0 aromatic carbocycles. The van der Waals surface area contributed by atoms with Crippen molar-refractivity contribution < 1.29 is 0 Å². The molecular weight excluding hydrogens is 222 g/mol. The molecule has 0 aliphatic carbocycles. The highest BCUT2D eigenvalue weighted by molar-refractivity contribution is 4.82. The summed E-state index contributed by atoms with van der Waals surface area (Å²) >= 11 is 0. The number of nitriles is 1. The van der Waals surface area contributed by atoms with Crippen LogP contribution in [0.25, 0.3) is 0 Å². The van der Waals surface area contributed by atoms with Gasteiger partial charge in [0.15, 0.2) is 0 Å². The van der Waals surface area contributed by atoms with E-state index >= 15 is 0 Å². The predicted octanol–water partition coefficient (Wildman–Crippen LogP) is 2.92. The molecule has 18 heavy (non-hydrogen) atoms. The van der Waals surface area contributed by atoms with Gasteiger partial charge in [-0.05, 0) is 59.5 Å². The average Bonchev–Trinajstić information content (AvgIpc) is 2.32. The summed E-state index contributed by atoms with van der Waals surface area (Å²) in [5.41, 5.74) is 0.212. The average molecular weight is 251 g/mol. The van der Waals surface area contributed by atoms with Crippen molar-refractivity contribution in [3.8, 4) is 6.07 Å². The largest absolute Gasteiger partial charge is 0.311 e. The number of rotatable bonds is 6. The predicted molar refractivity (Wildman–Crippen MR) is 76.4 cm³/mol. The van der Waals surface area contributed by atoms with E-state index in [0.717, 1.165) is 19.5 Å². The van der Waals surface area contributed by atoms with Crippen molar-refractivity contribution in [3.63, 3.8) is 0 Å². The molecule has 1 saturated heterocycles. The van der Waals surface area contributed by atoms with E-state index in [2.05, 4.69) is 37.1 Å². The Balaban J connectivity index is 2.30. The number of likely N-dealkylation sites (tertiary alicyclic amines) is 1. The molecular formula is C15H29N3. The Kier molecular flexibility index (Phi) is 6.67. The fourth-order valence-electron chi connectivity index (χ4n) is 2.53. The summed E-state index contributed by atoms with van der Waals surface area (Å²) in [7, 11) is 0. The van der Waals surface area contributed by atoms with Gasteiger partial charge in [-0.15, -0.1) is 0 Å². The second kappa shape index (κ2) is 7.76. The second-order valence-electron chi connectivity index (χ2n) is 6.43. The van der Waals surface area contributed by atoms with Gasteiger partial charge in [-0.1, -0.05) is 6.42 Å². The summed E-state index contributed by atoms with van der Waals surface area (Å²) < 4.78 is 0. The van der Waals surface area contributed by atoms with Gasteiger partial charge >= 0.3 is 0 Å². The lowest BCUT2D eigenvalue weighted by atomic mass is 10.00. The lowest BCUT2D eigenvalue weighted by Crippen LogP contribution is -2.49. The molecule has 3 heteroatoms. The third-order valence-electron chi connectivity index (χ3n) is 3.60. The van der Waals surface area contributed by atoms with E-state index in [4.69, 9.17) is 5.26 Å². The van der Waals surface area contributed by atoms with E-state index < -0.39 is 0 Å². The molecule has 1 rings (SSSR count). The van der Waals surface area contributed by atoms with Crippen LogP contribution in [-0.2, 0) is 0 Å². The standard InChI is InChI=1S/C15H29N3/c1-15(2,3)17-13-14-9-5-8-12-18(14)11-7-4-6-10-16/h14,17H,4-9,11-13H2,1-3H3. The molecule has 0 radical (unpaired) electrons. The first-order valence-corrected chi connectivity index (χ1v) is 7.39. The van der Waals surface area contributed by atoms with E-state index in [9.17, 15) is 0 Å². The monoisotopic (exact) mass is 251 g/mol. The highest BCUT2D eigenvalue weighted by Gasteiger charge is 2.23. The van der Waals surface area contributed by atoms with Crippen LogP contribution in [0.3, 0.4) is 0 Å². The van der Waals surface area contributed by atoms with Crippen LogP contribution in [0.2, 0.25) is 0 Å². The normalized spacial score (nSPS) is 21.8. The van der Waals surface area contributed by atoms with Crippen LogP contribution in [0.1, 0.15) is 59.3 Å². The summed E-state index contributed by atoms with van der Waals surface area (Å²) in [4.78, 5) is 2.62. The number of nitrogens with one attached hydrogen (secondary N) is 1. The topological polar surface area (TPSA) is 39.1 Å². The van der Waals surface area contributed by atoms with Gasteiger partial charge in [0.2, 0.25) is 0 Å². The first kappa shape index (κ1) is 15.5. The van der Waals surface area contributed by atoms with Gasteiger partial charge in [0.25, 0.3) is 0 Å². The lowest BCUT2D eigenvalue weighted by molar-refractivity contribution is 0.136. The molecule has 0 bridgehead atoms. The van der Waals surface area contributed by atoms with Gasteiger partial charge in [-0.25, -0.2) is 0 Å². The van der Waals surface area contributed by atoms with E-state index in [1.54, 1.807) is 0 Å². The van der Waals surface area contributed by atoms with E-state index in [1.807, 2.05) is 0 Å². The zero-order valence-corrected chi connectivity index (χ0v) is 12.3. The van der Waals surface area contributed by atoms with Crippen LogP contribution in [-0.4, -0.2) is 36.1 Å². The van der Waals surface area contributed by atoms with Crippen molar-refractivity contribution in [2.24, 2.45) is 0 Å². The molecule has 1 atom stereocenters. The molecule has 0 aromatic rings. The molecule has 1 N–H and O–H groups in total. The molecule has 3 nitrogen and oxygen atoms in total. The minimum atomic E-state index is 0.212. The van der Waals surface area contributed by atoms with Crippen molar-refractivity contribution in [3.05, 3.63) is 0 Å². The first-order valence-electron chi connectivity index (χ1n) is 7.39. The van der Waals surface area contributed by atoms with Gasteiger partial charge in [0.05, 0.1) is 6.07 Å². The molecule has 1 fully saturated rings. The van der Waals surface area contributed by atoms with Crippen LogP contribution in [0.15, 0.2) is 0 Å². The number of hydrogen-bond donors (Lipinski definition) is 1. The third kappa shape index (κ3) is 6.37. The minimum absolute atomic E-state index is 0.212. The Morgan fingerprint density at radius 1 is 1.28 bits per heavy atom. The Bertz CT molecular complexity index is 262. The Hall–Kier alpha value is -0.590. The van der Waals surface area contributed by atoms with E-state index in [-0.39, 0.29) is 5.54 Å². The Labute approximate surface area is 113 Å². The summed E-state index contributed by atoms with van der Waals surface area (Å²) in [6.07, 6.45) is 6.95. The highest BCUT2D eigenvalue weighted by Crippen LogP contribution is 2.18. The molecule has 1 aliphatic rings. The van der Waals surface area contributed by atoms with Crippen molar-refractivity contribution >= 4 is 0 Å². The Morgan fingerprint density at radius 2 is 2.06 bits per heavy atom. The minimum Gasteiger partial charge on any atom is -0.311 e. The number of unbranched alkanes of at least 4 members (excludes halogenated alkanes) is 2. The molecule has 0 amide bonds. The van der Waals surface area contributed by atoms with E-state index in [0.29, 0.717) is 12.5 Å². The summed E-state index contributed by atoms with van der Waals surface area (Å²) in [6.45, 7) is 10.2. The summed E-state index contributed by atoms with van der Waals surface area (Å²) in [6, 6.07) is 2.93. The molecule has 0 aromatic heterocycles. The van der Waals surface area contributed by atoms with Gasteiger partial charge in [-0.2, -0.15) is 5.26 Å². The fraction of sp³-hybridized carbons (Fsp3) is 0.933. The first-order chi connectivity index (χ1) is 8.53.